The highest BCUT2D eigenvalue weighted by Crippen LogP contribution is 2.07. The van der Waals surface area contributed by atoms with Crippen LogP contribution in [-0.2, 0) is 4.79 Å². The summed E-state index contributed by atoms with van der Waals surface area (Å²) in [4.78, 5) is 13.8. The molecule has 0 aromatic rings. The smallest absolute Gasteiger partial charge is 0.221 e. The molecule has 1 saturated heterocycles. The zero-order chi connectivity index (χ0) is 11.1. The van der Waals surface area contributed by atoms with Crippen molar-refractivity contribution >= 4 is 5.91 Å². The van der Waals surface area contributed by atoms with E-state index in [0.29, 0.717) is 6.42 Å². The monoisotopic (exact) mass is 214 g/mol. The number of nitrogens with one attached hydrogen (secondary N) is 1. The Labute approximate surface area is 91.6 Å². The summed E-state index contributed by atoms with van der Waals surface area (Å²) >= 11 is 0. The van der Waals surface area contributed by atoms with Crippen molar-refractivity contribution in [2.75, 3.05) is 26.2 Å². The number of amides is 1. The first kappa shape index (κ1) is 12.5. The van der Waals surface area contributed by atoms with Crippen molar-refractivity contribution in [2.45, 2.75) is 38.6 Å². The van der Waals surface area contributed by atoms with E-state index in [1.165, 1.54) is 12.8 Å². The number of aliphatic hydroxyl groups is 1. The Kier molecular flexibility index (Phi) is 5.65. The van der Waals surface area contributed by atoms with Gasteiger partial charge in [-0.1, -0.05) is 6.92 Å². The minimum Gasteiger partial charge on any atom is -0.394 e. The minimum atomic E-state index is -0.0731. The van der Waals surface area contributed by atoms with Crippen molar-refractivity contribution in [3.8, 4) is 0 Å². The van der Waals surface area contributed by atoms with Gasteiger partial charge in [0.15, 0.2) is 0 Å². The highest BCUT2D eigenvalue weighted by atomic mass is 16.3. The molecular weight excluding hydrogens is 192 g/mol. The molecule has 0 spiro atoms. The molecule has 1 aliphatic heterocycles. The van der Waals surface area contributed by atoms with Crippen molar-refractivity contribution in [1.82, 2.24) is 10.2 Å². The molecule has 0 saturated carbocycles. The van der Waals surface area contributed by atoms with Crippen molar-refractivity contribution in [1.29, 1.82) is 0 Å². The molecule has 0 aromatic carbocycles. The van der Waals surface area contributed by atoms with E-state index in [-0.39, 0.29) is 18.6 Å². The van der Waals surface area contributed by atoms with E-state index < -0.39 is 0 Å². The number of aliphatic hydroxyl groups excluding tert-OH is 1. The second kappa shape index (κ2) is 6.80. The molecule has 1 heterocycles. The third-order valence-corrected chi connectivity index (χ3v) is 2.93. The van der Waals surface area contributed by atoms with Crippen LogP contribution in [0, 0.1) is 0 Å². The predicted octanol–water partition coefficient (Wildman–Crippen LogP) is 0.359. The second-order valence-electron chi connectivity index (χ2n) is 4.15. The zero-order valence-corrected chi connectivity index (χ0v) is 9.54. The Balaban J connectivity index is 2.11. The molecule has 88 valence electrons. The lowest BCUT2D eigenvalue weighted by atomic mass is 10.2. The van der Waals surface area contributed by atoms with E-state index in [4.69, 9.17) is 5.11 Å². The number of nitrogens with zero attached hydrogens (tertiary/aromatic N) is 1. The van der Waals surface area contributed by atoms with Crippen LogP contribution in [0.15, 0.2) is 0 Å². The number of carbonyl (C=O) groups is 1. The standard InChI is InChI=1S/C11H22N2O2/c1-2-10(9-14)12-11(15)5-8-13-6-3-4-7-13/h10,14H,2-9H2,1H3,(H,12,15)/t10-/m1/s1. The number of likely N-dealkylation sites (tertiary alicyclic amines) is 1. The van der Waals surface area contributed by atoms with Crippen LogP contribution in [-0.4, -0.2) is 48.2 Å². The van der Waals surface area contributed by atoms with Crippen molar-refractivity contribution in [3.63, 3.8) is 0 Å². The Bertz CT molecular complexity index is 187. The van der Waals surface area contributed by atoms with Gasteiger partial charge in [-0.05, 0) is 32.4 Å². The van der Waals surface area contributed by atoms with Crippen LogP contribution in [0.25, 0.3) is 0 Å². The Hall–Kier alpha value is -0.610. The SMILES string of the molecule is CC[C@H](CO)NC(=O)CCN1CCCC1. The molecule has 1 atom stereocenters. The van der Waals surface area contributed by atoms with Gasteiger partial charge in [0, 0.05) is 13.0 Å². The predicted molar refractivity (Wildman–Crippen MR) is 59.6 cm³/mol. The van der Waals surface area contributed by atoms with Gasteiger partial charge in [0.1, 0.15) is 0 Å². The average molecular weight is 214 g/mol. The van der Waals surface area contributed by atoms with Crippen LogP contribution in [0.4, 0.5) is 0 Å². The molecule has 0 unspecified atom stereocenters. The van der Waals surface area contributed by atoms with E-state index in [2.05, 4.69) is 10.2 Å². The lowest BCUT2D eigenvalue weighted by Crippen LogP contribution is -2.38. The topological polar surface area (TPSA) is 52.6 Å². The largest absolute Gasteiger partial charge is 0.394 e. The van der Waals surface area contributed by atoms with Crippen LogP contribution in [0.5, 0.6) is 0 Å². The molecule has 1 fully saturated rings. The van der Waals surface area contributed by atoms with Gasteiger partial charge in [0.05, 0.1) is 12.6 Å². The zero-order valence-electron chi connectivity index (χ0n) is 9.54. The third-order valence-electron chi connectivity index (χ3n) is 2.93. The maximum absolute atomic E-state index is 11.5. The van der Waals surface area contributed by atoms with E-state index in [0.717, 1.165) is 26.1 Å². The quantitative estimate of drug-likeness (QED) is 0.671. The van der Waals surface area contributed by atoms with Gasteiger partial charge in [-0.3, -0.25) is 4.79 Å². The van der Waals surface area contributed by atoms with Gasteiger partial charge in [-0.25, -0.2) is 0 Å². The van der Waals surface area contributed by atoms with Crippen LogP contribution in [0.1, 0.15) is 32.6 Å². The fraction of sp³-hybridized carbons (Fsp3) is 0.909. The van der Waals surface area contributed by atoms with Crippen LogP contribution < -0.4 is 5.32 Å². The molecule has 0 aromatic heterocycles. The van der Waals surface area contributed by atoms with Crippen LogP contribution in [0.3, 0.4) is 0 Å². The van der Waals surface area contributed by atoms with Gasteiger partial charge >= 0.3 is 0 Å². The minimum absolute atomic E-state index is 0.0337. The van der Waals surface area contributed by atoms with Crippen molar-refractivity contribution in [3.05, 3.63) is 0 Å². The van der Waals surface area contributed by atoms with E-state index in [1.54, 1.807) is 0 Å². The fourth-order valence-electron chi connectivity index (χ4n) is 1.84. The molecule has 0 bridgehead atoms. The highest BCUT2D eigenvalue weighted by molar-refractivity contribution is 5.76. The first-order valence-corrected chi connectivity index (χ1v) is 5.88. The molecule has 15 heavy (non-hydrogen) atoms. The summed E-state index contributed by atoms with van der Waals surface area (Å²) in [6.45, 7) is 5.11. The molecule has 2 N–H and O–H groups in total. The summed E-state index contributed by atoms with van der Waals surface area (Å²) in [6.07, 6.45) is 3.86. The lowest BCUT2D eigenvalue weighted by molar-refractivity contribution is -0.122. The molecule has 4 heteroatoms. The van der Waals surface area contributed by atoms with Crippen molar-refractivity contribution < 1.29 is 9.90 Å². The van der Waals surface area contributed by atoms with Gasteiger partial charge in [0.2, 0.25) is 5.91 Å². The maximum Gasteiger partial charge on any atom is 0.221 e. The third kappa shape index (κ3) is 4.62. The van der Waals surface area contributed by atoms with Gasteiger partial charge in [-0.2, -0.15) is 0 Å². The average Bonchev–Trinajstić information content (AvgIpc) is 2.75. The van der Waals surface area contributed by atoms with E-state index in [1.807, 2.05) is 6.92 Å². The maximum atomic E-state index is 11.5. The normalized spacial score (nSPS) is 19.1. The summed E-state index contributed by atoms with van der Waals surface area (Å²) in [6, 6.07) is -0.0731. The van der Waals surface area contributed by atoms with Crippen molar-refractivity contribution in [2.24, 2.45) is 0 Å². The molecule has 0 radical (unpaired) electrons. The number of hydrogen-bond acceptors (Lipinski definition) is 3. The summed E-state index contributed by atoms with van der Waals surface area (Å²) in [5, 5.41) is 11.8. The Morgan fingerprint density at radius 3 is 2.67 bits per heavy atom. The molecule has 1 amide bonds. The fourth-order valence-corrected chi connectivity index (χ4v) is 1.84. The van der Waals surface area contributed by atoms with E-state index >= 15 is 0 Å². The Morgan fingerprint density at radius 2 is 2.13 bits per heavy atom. The number of rotatable bonds is 6. The van der Waals surface area contributed by atoms with E-state index in [9.17, 15) is 4.79 Å². The summed E-state index contributed by atoms with van der Waals surface area (Å²) < 4.78 is 0. The first-order chi connectivity index (χ1) is 7.26. The molecular formula is C11H22N2O2. The summed E-state index contributed by atoms with van der Waals surface area (Å²) in [5.41, 5.74) is 0. The highest BCUT2D eigenvalue weighted by Gasteiger charge is 2.14. The Morgan fingerprint density at radius 1 is 1.47 bits per heavy atom. The summed E-state index contributed by atoms with van der Waals surface area (Å²) in [7, 11) is 0. The second-order valence-corrected chi connectivity index (χ2v) is 4.15. The van der Waals surface area contributed by atoms with Gasteiger partial charge in [-0.15, -0.1) is 0 Å². The molecule has 0 aliphatic carbocycles. The van der Waals surface area contributed by atoms with Crippen LogP contribution >= 0.6 is 0 Å². The lowest BCUT2D eigenvalue weighted by Gasteiger charge is -2.17. The first-order valence-electron chi connectivity index (χ1n) is 5.88. The molecule has 4 nitrogen and oxygen atoms in total. The summed E-state index contributed by atoms with van der Waals surface area (Å²) in [5.74, 6) is 0.0581. The number of hydrogen-bond donors (Lipinski definition) is 2. The van der Waals surface area contributed by atoms with Gasteiger partial charge in [0.25, 0.3) is 0 Å². The molecule has 1 aliphatic rings. The van der Waals surface area contributed by atoms with Gasteiger partial charge < -0.3 is 15.3 Å². The van der Waals surface area contributed by atoms with Crippen LogP contribution in [0.2, 0.25) is 0 Å². The number of carbonyl (C=O) groups excluding carboxylic acids is 1. The molecule has 1 rings (SSSR count).